The van der Waals surface area contributed by atoms with Crippen molar-refractivity contribution in [3.8, 4) is 40.6 Å². The summed E-state index contributed by atoms with van der Waals surface area (Å²) in [7, 11) is 0. The minimum Gasteiger partial charge on any atom is -0.494 e. The van der Waals surface area contributed by atoms with E-state index >= 15 is 0 Å². The van der Waals surface area contributed by atoms with Gasteiger partial charge in [-0.2, -0.15) is 5.26 Å². The van der Waals surface area contributed by atoms with Gasteiger partial charge in [-0.15, -0.1) is 13.2 Å². The second-order valence-electron chi connectivity index (χ2n) is 25.2. The zero-order valence-electron chi connectivity index (χ0n) is 61.4. The van der Waals surface area contributed by atoms with Crippen LogP contribution in [0.1, 0.15) is 80.2 Å². The van der Waals surface area contributed by atoms with E-state index in [1.54, 1.807) is 36.4 Å². The summed E-state index contributed by atoms with van der Waals surface area (Å²) in [6, 6.07) is 47.3. The number of rotatable bonds is 40. The van der Waals surface area contributed by atoms with Crippen molar-refractivity contribution in [2.45, 2.75) is 52.4 Å². The minimum absolute atomic E-state index is 0.196. The lowest BCUT2D eigenvalue weighted by molar-refractivity contribution is 0.120. The van der Waals surface area contributed by atoms with Crippen molar-refractivity contribution in [3.05, 3.63) is 210 Å². The molecule has 0 unspecified atom stereocenters. The van der Waals surface area contributed by atoms with Gasteiger partial charge in [0.05, 0.1) is 84.1 Å². The van der Waals surface area contributed by atoms with Crippen molar-refractivity contribution < 1.29 is 37.9 Å². The molecule has 556 valence electrons. The van der Waals surface area contributed by atoms with E-state index in [0.29, 0.717) is 88.9 Å². The largest absolute Gasteiger partial charge is 0.494 e. The first-order chi connectivity index (χ1) is 50.9. The topological polar surface area (TPSA) is 246 Å². The van der Waals surface area contributed by atoms with Gasteiger partial charge in [0.15, 0.2) is 5.69 Å². The van der Waals surface area contributed by atoms with Gasteiger partial charge in [0.1, 0.15) is 46.2 Å². The summed E-state index contributed by atoms with van der Waals surface area (Å²) < 4.78 is 45.5. The molecule has 6 aromatic carbocycles. The lowest BCUT2D eigenvalue weighted by atomic mass is 10.2. The fraction of sp³-hybridized carbons (Fsp3) is 0.439. The van der Waals surface area contributed by atoms with E-state index in [9.17, 15) is 0 Å². The highest BCUT2D eigenvalue weighted by Crippen LogP contribution is 2.21. The van der Waals surface area contributed by atoms with Crippen LogP contribution in [0.4, 0.5) is 5.69 Å². The van der Waals surface area contributed by atoms with Crippen LogP contribution in [-0.4, -0.2) is 237 Å². The fourth-order valence-corrected chi connectivity index (χ4v) is 11.6. The van der Waals surface area contributed by atoms with Crippen molar-refractivity contribution in [2.75, 3.05) is 184 Å². The van der Waals surface area contributed by atoms with Crippen molar-refractivity contribution >= 4 is 29.2 Å². The molecule has 0 spiro atoms. The number of ether oxygens (including phenoxy) is 8. The van der Waals surface area contributed by atoms with E-state index in [4.69, 9.17) is 72.0 Å². The molecule has 3 fully saturated rings. The van der Waals surface area contributed by atoms with Crippen molar-refractivity contribution in [2.24, 2.45) is 21.5 Å². The number of nitrogens with zero attached hydrogens (tertiary/aromatic N) is 10. The third-order valence-electron chi connectivity index (χ3n) is 17.6. The number of hydrogen-bond acceptors (Lipinski definition) is 19. The summed E-state index contributed by atoms with van der Waals surface area (Å²) in [5.41, 5.74) is 16.6. The summed E-state index contributed by atoms with van der Waals surface area (Å²) in [6.07, 6.45) is 9.45. The van der Waals surface area contributed by atoms with Crippen molar-refractivity contribution in [3.63, 3.8) is 0 Å². The molecule has 0 saturated carbocycles. The summed E-state index contributed by atoms with van der Waals surface area (Å²) >= 11 is 0. The van der Waals surface area contributed by atoms with Crippen LogP contribution >= 0.6 is 0 Å². The highest BCUT2D eigenvalue weighted by molar-refractivity contribution is 5.98. The van der Waals surface area contributed by atoms with Gasteiger partial charge in [0.25, 0.3) is 0 Å². The molecule has 22 nitrogen and oxygen atoms in total. The predicted octanol–water partition coefficient (Wildman–Crippen LogP) is 11.6. The zero-order valence-corrected chi connectivity index (χ0v) is 61.4. The van der Waals surface area contributed by atoms with Crippen LogP contribution in [0.15, 0.2) is 181 Å². The first kappa shape index (κ1) is 81.5. The molecule has 6 aromatic rings. The lowest BCUT2D eigenvalue weighted by Crippen LogP contribution is -2.47. The Morgan fingerprint density at radius 2 is 0.644 bits per heavy atom. The second-order valence-corrected chi connectivity index (χ2v) is 25.2. The third-order valence-corrected chi connectivity index (χ3v) is 17.6. The maximum atomic E-state index is 8.82. The number of hydrogen-bond donors (Lipinski definition) is 4. The van der Waals surface area contributed by atoms with Crippen molar-refractivity contribution in [1.29, 1.82) is 16.1 Å². The maximum absolute atomic E-state index is 8.82. The minimum atomic E-state index is 0.196. The van der Waals surface area contributed by atoms with Crippen molar-refractivity contribution in [1.82, 2.24) is 29.4 Å². The third kappa shape index (κ3) is 31.4. The smallest absolute Gasteiger partial charge is 0.213 e. The predicted molar refractivity (Wildman–Crippen MR) is 417 cm³/mol. The second kappa shape index (κ2) is 48.2. The molecular formula is C82H110N14O8. The normalized spacial score (nSPS) is 14.7. The van der Waals surface area contributed by atoms with Gasteiger partial charge in [0.2, 0.25) is 11.8 Å². The number of nitrogens with one attached hydrogen (secondary N) is 2. The van der Waals surface area contributed by atoms with Crippen LogP contribution < -0.4 is 39.9 Å². The number of piperazine rings is 3. The molecule has 0 aromatic heterocycles. The van der Waals surface area contributed by atoms with Gasteiger partial charge in [-0.25, -0.2) is 4.85 Å². The molecule has 3 aliphatic rings. The van der Waals surface area contributed by atoms with Gasteiger partial charge in [0, 0.05) is 140 Å². The average molecular weight is 1420 g/mol. The highest BCUT2D eigenvalue weighted by Gasteiger charge is 2.20. The van der Waals surface area contributed by atoms with Gasteiger partial charge in [-0.05, 0) is 186 Å². The average Bonchev–Trinajstić information content (AvgIpc) is 0.931. The van der Waals surface area contributed by atoms with Gasteiger partial charge >= 0.3 is 0 Å². The van der Waals surface area contributed by atoms with E-state index in [1.165, 1.54) is 0 Å². The number of aliphatic imine (C=N–C) groups is 2. The quantitative estimate of drug-likeness (QED) is 0.00918. The molecule has 3 saturated heterocycles. The Morgan fingerprint density at radius 3 is 0.865 bits per heavy atom. The van der Waals surface area contributed by atoms with E-state index < -0.39 is 0 Å². The summed E-state index contributed by atoms with van der Waals surface area (Å²) in [5, 5.41) is 24.5. The molecule has 6 N–H and O–H groups in total. The summed E-state index contributed by atoms with van der Waals surface area (Å²) in [6.45, 7) is 43.6. The SMILES string of the molecule is C=CCN=C(N)c1ccc(OCCCN2CCN(CCCOc3ccc(C(N)=NCC=C)cc3)CC2)cc1.CCOC(=N)c1ccc(OCCCN2CCN(CCCOc3ccc(C(=N)OCC)cc3)CC2)cc1.[C-]#[N+]c1ccc(OCCCN2CCN(CCCOc3ccc(C#N)cc3)CC2)cc1. The Morgan fingerprint density at radius 1 is 0.413 bits per heavy atom. The monoisotopic (exact) mass is 1420 g/mol. The van der Waals surface area contributed by atoms with E-state index in [-0.39, 0.29) is 11.8 Å². The molecule has 0 aliphatic carbocycles. The van der Waals surface area contributed by atoms with E-state index in [1.807, 2.05) is 135 Å². The Hall–Kier alpha value is -9.78. The molecule has 3 heterocycles. The Balaban J connectivity index is 0.000000220. The highest BCUT2D eigenvalue weighted by atomic mass is 16.5. The van der Waals surface area contributed by atoms with Crippen LogP contribution in [0.3, 0.4) is 0 Å². The number of benzene rings is 6. The molecule has 0 atom stereocenters. The number of nitrogens with two attached hydrogens (primary N) is 2. The molecule has 0 radical (unpaired) electrons. The van der Waals surface area contributed by atoms with Crippen LogP contribution in [0.25, 0.3) is 4.85 Å². The maximum Gasteiger partial charge on any atom is 0.213 e. The fourth-order valence-electron chi connectivity index (χ4n) is 11.6. The van der Waals surface area contributed by atoms with E-state index in [0.717, 1.165) is 213 Å². The van der Waals surface area contributed by atoms with Crippen LogP contribution in [0, 0.1) is 28.7 Å². The zero-order chi connectivity index (χ0) is 73.6. The molecule has 3 aliphatic heterocycles. The first-order valence-electron chi connectivity index (χ1n) is 36.7. The molecule has 0 amide bonds. The molecular weight excluding hydrogens is 1310 g/mol. The number of nitriles is 1. The van der Waals surface area contributed by atoms with Crippen LogP contribution in [0.5, 0.6) is 34.5 Å². The number of amidine groups is 2. The standard InChI is InChI=1S/C30H42N6O2.C28H40N4O4.C24H28N4O2/c1-3-15-33-29(31)25-7-11-27(12-8-25)37-23-5-17-35-19-21-36(22-20-35)18-6-24-38-28-13-9-26(10-14-28)30(32)34-16-4-2;1-3-33-27(29)23-7-11-25(12-8-23)35-21-5-15-31-17-19-32(20-18-31)16-6-22-36-26-13-9-24(10-14-26)28(30)34-4-2;1-26-22-6-10-24(11-7-22)30-19-3-13-28-16-14-27(15-17-28)12-2-18-29-23-8-4-21(20-25)5-9-23/h3-4,7-14H,1-2,5-6,15-24H2,(H2,31,33)(H2,32,34);7-14,29-30H,3-6,15-22H2,1-2H3;4-11H,2-3,12-19H2. The summed E-state index contributed by atoms with van der Waals surface area (Å²) in [5.74, 6) is 6.45. The summed E-state index contributed by atoms with van der Waals surface area (Å²) in [4.78, 5) is 26.9. The lowest BCUT2D eigenvalue weighted by Gasteiger charge is -2.34. The molecule has 104 heavy (non-hydrogen) atoms. The van der Waals surface area contributed by atoms with Crippen LogP contribution in [0.2, 0.25) is 0 Å². The first-order valence-corrected chi connectivity index (χ1v) is 36.7. The van der Waals surface area contributed by atoms with Gasteiger partial charge in [-0.1, -0.05) is 24.3 Å². The van der Waals surface area contributed by atoms with Crippen LogP contribution in [-0.2, 0) is 9.47 Å². The van der Waals surface area contributed by atoms with Gasteiger partial charge < -0.3 is 78.8 Å². The van der Waals surface area contributed by atoms with E-state index in [2.05, 4.69) is 63.5 Å². The molecule has 22 heteroatoms. The molecule has 0 bridgehead atoms. The Kier molecular flexibility index (Phi) is 37.8. The molecule has 9 rings (SSSR count). The van der Waals surface area contributed by atoms with Gasteiger partial charge in [-0.3, -0.25) is 20.8 Å². The Bertz CT molecular complexity index is 3320. The Labute approximate surface area is 617 Å².